The zero-order valence-electron chi connectivity index (χ0n) is 11.6. The highest BCUT2D eigenvalue weighted by Crippen LogP contribution is 2.40. The van der Waals surface area contributed by atoms with Crippen LogP contribution in [0.3, 0.4) is 0 Å². The summed E-state index contributed by atoms with van der Waals surface area (Å²) in [5, 5.41) is 0.865. The third-order valence-electron chi connectivity index (χ3n) is 3.51. The number of hydrogen-bond donors (Lipinski definition) is 0. The van der Waals surface area contributed by atoms with Crippen LogP contribution >= 0.6 is 11.3 Å². The third-order valence-corrected chi connectivity index (χ3v) is 4.66. The average Bonchev–Trinajstić information content (AvgIpc) is 3.12. The normalized spacial score (nSPS) is 17.2. The van der Waals surface area contributed by atoms with Gasteiger partial charge in [0.15, 0.2) is 10.8 Å². The molecule has 0 radical (unpaired) electrons. The molecular formula is C15H17NO3S. The van der Waals surface area contributed by atoms with E-state index in [0.717, 1.165) is 41.5 Å². The molecule has 0 bridgehead atoms. The second-order valence-electron chi connectivity index (χ2n) is 4.79. The largest absolute Gasteiger partial charge is 0.465 e. The monoisotopic (exact) mass is 291 g/mol. The molecular weight excluding hydrogens is 274 g/mol. The van der Waals surface area contributed by atoms with E-state index in [4.69, 9.17) is 9.15 Å². The lowest BCUT2D eigenvalue weighted by Gasteiger charge is -2.07. The van der Waals surface area contributed by atoms with Crippen molar-refractivity contribution in [3.63, 3.8) is 0 Å². The Kier molecular flexibility index (Phi) is 3.61. The molecule has 1 unspecified atom stereocenters. The highest BCUT2D eigenvalue weighted by molar-refractivity contribution is 7.15. The number of thiazole rings is 1. The van der Waals surface area contributed by atoms with Gasteiger partial charge in [-0.2, -0.15) is 0 Å². The number of hydrogen-bond acceptors (Lipinski definition) is 5. The van der Waals surface area contributed by atoms with E-state index in [1.54, 1.807) is 11.3 Å². The van der Waals surface area contributed by atoms with Crippen LogP contribution in [0.25, 0.3) is 10.8 Å². The van der Waals surface area contributed by atoms with Crippen molar-refractivity contribution >= 4 is 17.3 Å². The summed E-state index contributed by atoms with van der Waals surface area (Å²) >= 11 is 1.63. The van der Waals surface area contributed by atoms with Crippen LogP contribution in [0.15, 0.2) is 16.5 Å². The van der Waals surface area contributed by atoms with E-state index in [1.807, 2.05) is 19.1 Å². The number of esters is 1. The van der Waals surface area contributed by atoms with Gasteiger partial charge in [-0.25, -0.2) is 4.98 Å². The van der Waals surface area contributed by atoms with Crippen LogP contribution in [0.2, 0.25) is 0 Å². The van der Waals surface area contributed by atoms with Crippen LogP contribution in [0, 0.1) is 0 Å². The third kappa shape index (κ3) is 2.26. The van der Waals surface area contributed by atoms with Gasteiger partial charge in [0.2, 0.25) is 0 Å². The molecule has 0 amide bonds. The van der Waals surface area contributed by atoms with E-state index in [9.17, 15) is 4.79 Å². The van der Waals surface area contributed by atoms with E-state index >= 15 is 0 Å². The molecule has 20 heavy (non-hydrogen) atoms. The minimum absolute atomic E-state index is 0.156. The Balaban J connectivity index is 1.88. The van der Waals surface area contributed by atoms with Crippen LogP contribution in [0.4, 0.5) is 0 Å². The fourth-order valence-corrected chi connectivity index (χ4v) is 3.59. The number of rotatable bonds is 4. The SMILES string of the molecule is CCOC(=O)C1CCc2sc(-c3ccc(CC)o3)nc21. The molecule has 0 saturated heterocycles. The lowest BCUT2D eigenvalue weighted by Crippen LogP contribution is -2.14. The minimum atomic E-state index is -0.199. The zero-order chi connectivity index (χ0) is 14.1. The van der Waals surface area contributed by atoms with E-state index < -0.39 is 0 Å². The molecule has 2 heterocycles. The molecule has 4 nitrogen and oxygen atoms in total. The van der Waals surface area contributed by atoms with Crippen LogP contribution in [0.5, 0.6) is 0 Å². The van der Waals surface area contributed by atoms with Gasteiger partial charge in [-0.15, -0.1) is 11.3 Å². The van der Waals surface area contributed by atoms with Crippen molar-refractivity contribution in [1.82, 2.24) is 4.98 Å². The van der Waals surface area contributed by atoms with Crippen molar-refractivity contribution in [1.29, 1.82) is 0 Å². The summed E-state index contributed by atoms with van der Waals surface area (Å²) in [6, 6.07) is 3.93. The molecule has 0 N–H and O–H groups in total. The van der Waals surface area contributed by atoms with Gasteiger partial charge in [0.25, 0.3) is 0 Å². The first-order valence-corrected chi connectivity index (χ1v) is 7.79. The fourth-order valence-electron chi connectivity index (χ4n) is 2.49. The Labute approximate surface area is 121 Å². The fraction of sp³-hybridized carbons (Fsp3) is 0.467. The van der Waals surface area contributed by atoms with Gasteiger partial charge in [-0.3, -0.25) is 4.79 Å². The van der Waals surface area contributed by atoms with E-state index in [-0.39, 0.29) is 11.9 Å². The molecule has 0 aliphatic heterocycles. The lowest BCUT2D eigenvalue weighted by atomic mass is 10.1. The zero-order valence-corrected chi connectivity index (χ0v) is 12.5. The smallest absolute Gasteiger partial charge is 0.315 e. The van der Waals surface area contributed by atoms with Crippen LogP contribution in [-0.2, 0) is 22.4 Å². The first-order valence-electron chi connectivity index (χ1n) is 6.98. The summed E-state index contributed by atoms with van der Waals surface area (Å²) in [6.07, 6.45) is 2.58. The maximum Gasteiger partial charge on any atom is 0.315 e. The number of nitrogens with zero attached hydrogens (tertiary/aromatic N) is 1. The van der Waals surface area contributed by atoms with Crippen LogP contribution in [-0.4, -0.2) is 17.6 Å². The van der Waals surface area contributed by atoms with Crippen molar-refractivity contribution in [2.24, 2.45) is 0 Å². The minimum Gasteiger partial charge on any atom is -0.465 e. The Morgan fingerprint density at radius 1 is 1.50 bits per heavy atom. The maximum absolute atomic E-state index is 11.9. The van der Waals surface area contributed by atoms with Crippen molar-refractivity contribution in [3.8, 4) is 10.8 Å². The summed E-state index contributed by atoms with van der Waals surface area (Å²) in [5.41, 5.74) is 0.887. The van der Waals surface area contributed by atoms with Gasteiger partial charge in [0, 0.05) is 11.3 Å². The standard InChI is InChI=1S/C15H17NO3S/c1-3-9-5-7-11(19-9)14-16-13-10(15(17)18-4-2)6-8-12(13)20-14/h5,7,10H,3-4,6,8H2,1-2H3. The number of fused-ring (bicyclic) bond motifs is 1. The Morgan fingerprint density at radius 2 is 2.35 bits per heavy atom. The predicted octanol–water partition coefficient (Wildman–Crippen LogP) is 3.56. The van der Waals surface area contributed by atoms with Gasteiger partial charge in [-0.1, -0.05) is 6.92 Å². The Hall–Kier alpha value is -1.62. The number of aryl methyl sites for hydroxylation is 2. The summed E-state index contributed by atoms with van der Waals surface area (Å²) in [7, 11) is 0. The van der Waals surface area contributed by atoms with Crippen molar-refractivity contribution in [2.45, 2.75) is 39.0 Å². The molecule has 5 heteroatoms. The summed E-state index contributed by atoms with van der Waals surface area (Å²) in [5.74, 6) is 1.40. The molecule has 1 aliphatic rings. The number of furan rings is 1. The van der Waals surface area contributed by atoms with Crippen LogP contribution in [0.1, 0.15) is 42.5 Å². The van der Waals surface area contributed by atoms with Gasteiger partial charge < -0.3 is 9.15 Å². The molecule has 1 aliphatic carbocycles. The highest BCUT2D eigenvalue weighted by atomic mass is 32.1. The van der Waals surface area contributed by atoms with Gasteiger partial charge in [-0.05, 0) is 31.9 Å². The molecule has 2 aromatic rings. The average molecular weight is 291 g/mol. The first-order chi connectivity index (χ1) is 9.72. The molecule has 1 atom stereocenters. The number of ether oxygens (including phenoxy) is 1. The van der Waals surface area contributed by atoms with Crippen molar-refractivity contribution in [3.05, 3.63) is 28.5 Å². The number of carbonyl (C=O) groups excluding carboxylic acids is 1. The Bertz CT molecular complexity index is 629. The maximum atomic E-state index is 11.9. The highest BCUT2D eigenvalue weighted by Gasteiger charge is 2.34. The van der Waals surface area contributed by atoms with Crippen molar-refractivity contribution < 1.29 is 13.9 Å². The first kappa shape index (κ1) is 13.4. The molecule has 0 saturated carbocycles. The van der Waals surface area contributed by atoms with E-state index in [0.29, 0.717) is 6.61 Å². The molecule has 106 valence electrons. The molecule has 0 spiro atoms. The number of aromatic nitrogens is 1. The topological polar surface area (TPSA) is 52.3 Å². The molecule has 0 aromatic carbocycles. The molecule has 2 aromatic heterocycles. The Morgan fingerprint density at radius 3 is 3.05 bits per heavy atom. The summed E-state index contributed by atoms with van der Waals surface area (Å²) < 4.78 is 10.9. The van der Waals surface area contributed by atoms with Gasteiger partial charge >= 0.3 is 5.97 Å². The van der Waals surface area contributed by atoms with Gasteiger partial charge in [0.1, 0.15) is 11.7 Å². The lowest BCUT2D eigenvalue weighted by molar-refractivity contribution is -0.145. The van der Waals surface area contributed by atoms with Gasteiger partial charge in [0.05, 0.1) is 12.3 Å². The quantitative estimate of drug-likeness (QED) is 0.808. The summed E-state index contributed by atoms with van der Waals surface area (Å²) in [4.78, 5) is 17.7. The van der Waals surface area contributed by atoms with E-state index in [1.165, 1.54) is 4.88 Å². The summed E-state index contributed by atoms with van der Waals surface area (Å²) in [6.45, 7) is 4.30. The van der Waals surface area contributed by atoms with E-state index in [2.05, 4.69) is 11.9 Å². The second kappa shape index (κ2) is 5.40. The van der Waals surface area contributed by atoms with Crippen LogP contribution < -0.4 is 0 Å². The predicted molar refractivity (Wildman–Crippen MR) is 76.9 cm³/mol. The van der Waals surface area contributed by atoms with Crippen molar-refractivity contribution in [2.75, 3.05) is 6.61 Å². The molecule has 0 fully saturated rings. The molecule has 3 rings (SSSR count). The second-order valence-corrected chi connectivity index (χ2v) is 5.87. The number of carbonyl (C=O) groups is 1.